The SMILES string of the molecule is CCSCC(C)NC(=O)COc1ccc(/C(N)=N/O)cc1. The number of ether oxygens (including phenoxy) is 1. The summed E-state index contributed by atoms with van der Waals surface area (Å²) in [4.78, 5) is 11.7. The van der Waals surface area contributed by atoms with E-state index in [0.717, 1.165) is 11.5 Å². The fourth-order valence-electron chi connectivity index (χ4n) is 1.58. The van der Waals surface area contributed by atoms with Crippen LogP contribution in [0.4, 0.5) is 0 Å². The Morgan fingerprint density at radius 2 is 2.14 bits per heavy atom. The molecule has 0 saturated carbocycles. The van der Waals surface area contributed by atoms with E-state index >= 15 is 0 Å². The third kappa shape index (κ3) is 6.40. The zero-order valence-electron chi connectivity index (χ0n) is 12.2. The molecule has 0 bridgehead atoms. The van der Waals surface area contributed by atoms with Gasteiger partial charge in [-0.25, -0.2) is 0 Å². The molecule has 1 amide bonds. The highest BCUT2D eigenvalue weighted by atomic mass is 32.2. The van der Waals surface area contributed by atoms with Crippen molar-refractivity contribution >= 4 is 23.5 Å². The lowest BCUT2D eigenvalue weighted by molar-refractivity contribution is -0.123. The van der Waals surface area contributed by atoms with Crippen molar-refractivity contribution in [1.29, 1.82) is 0 Å². The Hall–Kier alpha value is -1.89. The van der Waals surface area contributed by atoms with Crippen LogP contribution in [0.1, 0.15) is 19.4 Å². The number of oxime groups is 1. The maximum absolute atomic E-state index is 11.7. The third-order valence-electron chi connectivity index (χ3n) is 2.61. The van der Waals surface area contributed by atoms with Crippen LogP contribution in [0.5, 0.6) is 5.75 Å². The average molecular weight is 311 g/mol. The van der Waals surface area contributed by atoms with Gasteiger partial charge in [0.15, 0.2) is 12.4 Å². The summed E-state index contributed by atoms with van der Waals surface area (Å²) in [7, 11) is 0. The van der Waals surface area contributed by atoms with Crippen molar-refractivity contribution in [3.63, 3.8) is 0 Å². The zero-order chi connectivity index (χ0) is 15.7. The van der Waals surface area contributed by atoms with Gasteiger partial charge in [0.2, 0.25) is 0 Å². The van der Waals surface area contributed by atoms with Crippen LogP contribution in [0.3, 0.4) is 0 Å². The summed E-state index contributed by atoms with van der Waals surface area (Å²) in [6.07, 6.45) is 0. The zero-order valence-corrected chi connectivity index (χ0v) is 13.0. The number of hydrogen-bond donors (Lipinski definition) is 3. The Morgan fingerprint density at radius 1 is 1.48 bits per heavy atom. The second kappa shape index (κ2) is 9.12. The number of benzene rings is 1. The van der Waals surface area contributed by atoms with Crippen molar-refractivity contribution in [2.75, 3.05) is 18.1 Å². The number of carbonyl (C=O) groups excluding carboxylic acids is 1. The van der Waals surface area contributed by atoms with E-state index in [2.05, 4.69) is 17.4 Å². The van der Waals surface area contributed by atoms with Crippen molar-refractivity contribution in [2.45, 2.75) is 19.9 Å². The minimum absolute atomic E-state index is 0.0292. The van der Waals surface area contributed by atoms with Crippen molar-refractivity contribution in [3.05, 3.63) is 29.8 Å². The van der Waals surface area contributed by atoms with E-state index in [1.165, 1.54) is 0 Å². The quantitative estimate of drug-likeness (QED) is 0.292. The molecule has 1 aromatic carbocycles. The first-order valence-electron chi connectivity index (χ1n) is 6.64. The summed E-state index contributed by atoms with van der Waals surface area (Å²) in [5, 5.41) is 14.3. The number of nitrogens with zero attached hydrogens (tertiary/aromatic N) is 1. The smallest absolute Gasteiger partial charge is 0.258 e. The van der Waals surface area contributed by atoms with E-state index in [-0.39, 0.29) is 24.4 Å². The number of thioether (sulfide) groups is 1. The molecule has 0 aliphatic carbocycles. The summed E-state index contributed by atoms with van der Waals surface area (Å²) in [5.41, 5.74) is 6.04. The predicted octanol–water partition coefficient (Wildman–Crippen LogP) is 1.42. The van der Waals surface area contributed by atoms with Crippen LogP contribution >= 0.6 is 11.8 Å². The normalized spacial score (nSPS) is 12.8. The molecular weight excluding hydrogens is 290 g/mol. The highest BCUT2D eigenvalue weighted by Crippen LogP contribution is 2.12. The standard InChI is InChI=1S/C14H21N3O3S/c1-3-21-9-10(2)16-13(18)8-20-12-6-4-11(5-7-12)14(15)17-19/h4-7,10,19H,3,8-9H2,1-2H3,(H2,15,17)(H,16,18). The minimum Gasteiger partial charge on any atom is -0.484 e. The Balaban J connectivity index is 2.39. The first kappa shape index (κ1) is 17.2. The van der Waals surface area contributed by atoms with Gasteiger partial charge in [0.05, 0.1) is 0 Å². The summed E-state index contributed by atoms with van der Waals surface area (Å²) < 4.78 is 5.38. The van der Waals surface area contributed by atoms with Crippen LogP contribution < -0.4 is 15.8 Å². The van der Waals surface area contributed by atoms with E-state index in [0.29, 0.717) is 11.3 Å². The maximum atomic E-state index is 11.7. The summed E-state index contributed by atoms with van der Waals surface area (Å²) in [5.74, 6) is 2.34. The van der Waals surface area contributed by atoms with Gasteiger partial charge in [0, 0.05) is 17.4 Å². The van der Waals surface area contributed by atoms with Gasteiger partial charge in [-0.05, 0) is 36.9 Å². The molecule has 1 aromatic rings. The minimum atomic E-state index is -0.153. The molecule has 0 radical (unpaired) electrons. The van der Waals surface area contributed by atoms with Crippen molar-refractivity contribution < 1.29 is 14.7 Å². The lowest BCUT2D eigenvalue weighted by Crippen LogP contribution is -2.37. The van der Waals surface area contributed by atoms with Gasteiger partial charge in [-0.15, -0.1) is 0 Å². The Morgan fingerprint density at radius 3 is 2.71 bits per heavy atom. The van der Waals surface area contributed by atoms with E-state index in [1.807, 2.05) is 6.92 Å². The molecule has 0 fully saturated rings. The summed E-state index contributed by atoms with van der Waals surface area (Å²) in [6, 6.07) is 6.76. The summed E-state index contributed by atoms with van der Waals surface area (Å²) >= 11 is 1.78. The van der Waals surface area contributed by atoms with Crippen molar-refractivity contribution in [3.8, 4) is 5.75 Å². The molecule has 7 heteroatoms. The summed E-state index contributed by atoms with van der Waals surface area (Å²) in [6.45, 7) is 4.01. The molecule has 0 aliphatic rings. The number of amidine groups is 1. The largest absolute Gasteiger partial charge is 0.484 e. The molecule has 0 aromatic heterocycles. The highest BCUT2D eigenvalue weighted by Gasteiger charge is 2.08. The van der Waals surface area contributed by atoms with Crippen molar-refractivity contribution in [2.24, 2.45) is 10.9 Å². The van der Waals surface area contributed by atoms with Gasteiger partial charge in [-0.3, -0.25) is 4.79 Å². The van der Waals surface area contributed by atoms with E-state index in [1.54, 1.807) is 36.0 Å². The fraction of sp³-hybridized carbons (Fsp3) is 0.429. The second-order valence-electron chi connectivity index (χ2n) is 4.43. The first-order chi connectivity index (χ1) is 10.1. The maximum Gasteiger partial charge on any atom is 0.258 e. The van der Waals surface area contributed by atoms with Crippen LogP contribution in [-0.4, -0.2) is 41.1 Å². The number of amides is 1. The molecule has 0 heterocycles. The number of carbonyl (C=O) groups is 1. The molecule has 1 rings (SSSR count). The molecule has 1 atom stereocenters. The predicted molar refractivity (Wildman–Crippen MR) is 85.1 cm³/mol. The molecule has 0 saturated heterocycles. The van der Waals surface area contributed by atoms with Crippen molar-refractivity contribution in [1.82, 2.24) is 5.32 Å². The van der Waals surface area contributed by atoms with E-state index < -0.39 is 0 Å². The Labute approximate surface area is 128 Å². The number of nitrogens with two attached hydrogens (primary N) is 1. The van der Waals surface area contributed by atoms with Gasteiger partial charge in [0.1, 0.15) is 5.75 Å². The number of nitrogens with one attached hydrogen (secondary N) is 1. The molecule has 4 N–H and O–H groups in total. The van der Waals surface area contributed by atoms with Crippen LogP contribution in [0.25, 0.3) is 0 Å². The van der Waals surface area contributed by atoms with Gasteiger partial charge >= 0.3 is 0 Å². The van der Waals surface area contributed by atoms with E-state index in [9.17, 15) is 4.79 Å². The third-order valence-corrected chi connectivity index (χ3v) is 3.75. The molecule has 21 heavy (non-hydrogen) atoms. The molecular formula is C14H21N3O3S. The lowest BCUT2D eigenvalue weighted by atomic mass is 10.2. The second-order valence-corrected chi connectivity index (χ2v) is 5.75. The molecule has 0 aliphatic heterocycles. The average Bonchev–Trinajstić information content (AvgIpc) is 2.50. The Bertz CT molecular complexity index is 477. The van der Waals surface area contributed by atoms with Crippen LogP contribution in [0.2, 0.25) is 0 Å². The van der Waals surface area contributed by atoms with Gasteiger partial charge in [0.25, 0.3) is 5.91 Å². The number of rotatable bonds is 8. The number of hydrogen-bond acceptors (Lipinski definition) is 5. The van der Waals surface area contributed by atoms with Crippen LogP contribution in [0, 0.1) is 0 Å². The van der Waals surface area contributed by atoms with Gasteiger partial charge in [-0.1, -0.05) is 12.1 Å². The topological polar surface area (TPSA) is 96.9 Å². The molecule has 0 spiro atoms. The fourth-order valence-corrected chi connectivity index (χ4v) is 2.25. The van der Waals surface area contributed by atoms with Gasteiger partial charge in [-0.2, -0.15) is 11.8 Å². The van der Waals surface area contributed by atoms with Crippen LogP contribution in [0.15, 0.2) is 29.4 Å². The molecule has 1 unspecified atom stereocenters. The molecule has 6 nitrogen and oxygen atoms in total. The van der Waals surface area contributed by atoms with Crippen LogP contribution in [-0.2, 0) is 4.79 Å². The lowest BCUT2D eigenvalue weighted by Gasteiger charge is -2.13. The Kier molecular flexibility index (Phi) is 7.45. The first-order valence-corrected chi connectivity index (χ1v) is 7.80. The molecule has 116 valence electrons. The monoisotopic (exact) mass is 311 g/mol. The highest BCUT2D eigenvalue weighted by molar-refractivity contribution is 7.99. The van der Waals surface area contributed by atoms with E-state index in [4.69, 9.17) is 15.7 Å². The van der Waals surface area contributed by atoms with Gasteiger partial charge < -0.3 is 21.0 Å².